The van der Waals surface area contributed by atoms with Crippen LogP contribution in [0.3, 0.4) is 0 Å². The van der Waals surface area contributed by atoms with Crippen LogP contribution < -0.4 is 16.1 Å². The molecule has 0 radical (unpaired) electrons. The quantitative estimate of drug-likeness (QED) is 0.605. The lowest BCUT2D eigenvalue weighted by atomic mass is 9.99. The van der Waals surface area contributed by atoms with Crippen molar-refractivity contribution >= 4 is 5.91 Å². The molecule has 4 heteroatoms. The van der Waals surface area contributed by atoms with Crippen molar-refractivity contribution in [2.75, 3.05) is 6.54 Å². The van der Waals surface area contributed by atoms with Gasteiger partial charge in [0.2, 0.25) is 0 Å². The minimum Gasteiger partial charge on any atom is -0.411 e. The minimum atomic E-state index is -0.0554. The fraction of sp³-hybridized carbons (Fsp3) is 0.222. The number of carbonyl (C=O) groups is 1. The summed E-state index contributed by atoms with van der Waals surface area (Å²) < 4.78 is 0. The Kier molecular flexibility index (Phi) is 1.90. The zero-order valence-corrected chi connectivity index (χ0v) is 7.04. The van der Waals surface area contributed by atoms with Gasteiger partial charge in [-0.1, -0.05) is 6.07 Å². The van der Waals surface area contributed by atoms with Crippen LogP contribution in [0.5, 0.6) is 5.75 Å². The first kappa shape index (κ1) is 8.07. The highest BCUT2D eigenvalue weighted by Gasteiger charge is 2.19. The van der Waals surface area contributed by atoms with E-state index >= 15 is 0 Å². The van der Waals surface area contributed by atoms with Crippen molar-refractivity contribution in [1.82, 2.24) is 5.32 Å². The van der Waals surface area contributed by atoms with E-state index in [2.05, 4.69) is 10.2 Å². The van der Waals surface area contributed by atoms with Gasteiger partial charge in [0.15, 0.2) is 5.75 Å². The molecule has 2 rings (SSSR count). The van der Waals surface area contributed by atoms with E-state index in [4.69, 9.17) is 5.90 Å². The Labute approximate surface area is 75.6 Å². The zero-order valence-electron chi connectivity index (χ0n) is 7.04. The third kappa shape index (κ3) is 1.25. The van der Waals surface area contributed by atoms with Gasteiger partial charge in [0.1, 0.15) is 0 Å². The van der Waals surface area contributed by atoms with Crippen molar-refractivity contribution in [2.24, 2.45) is 5.90 Å². The van der Waals surface area contributed by atoms with E-state index in [9.17, 15) is 4.79 Å². The lowest BCUT2D eigenvalue weighted by molar-refractivity contribution is 0.0945. The summed E-state index contributed by atoms with van der Waals surface area (Å²) in [6.45, 7) is 0.645. The summed E-state index contributed by atoms with van der Waals surface area (Å²) in [7, 11) is 0. The molecule has 1 aromatic rings. The molecule has 13 heavy (non-hydrogen) atoms. The zero-order chi connectivity index (χ0) is 9.26. The van der Waals surface area contributed by atoms with Gasteiger partial charge in [0.05, 0.1) is 0 Å². The fourth-order valence-corrected chi connectivity index (χ4v) is 1.54. The molecule has 0 saturated carbocycles. The molecule has 1 aromatic carbocycles. The smallest absolute Gasteiger partial charge is 0.251 e. The molecule has 68 valence electrons. The SMILES string of the molecule is NOc1cccc2c1CCNC2=O. The molecule has 0 spiro atoms. The van der Waals surface area contributed by atoms with E-state index in [-0.39, 0.29) is 5.91 Å². The predicted octanol–water partition coefficient (Wildman–Crippen LogP) is 0.225. The number of rotatable bonds is 1. The number of nitrogens with one attached hydrogen (secondary N) is 1. The average Bonchev–Trinajstić information content (AvgIpc) is 2.18. The highest BCUT2D eigenvalue weighted by molar-refractivity contribution is 5.97. The summed E-state index contributed by atoms with van der Waals surface area (Å²) in [6, 6.07) is 5.29. The monoisotopic (exact) mass is 178 g/mol. The number of amides is 1. The van der Waals surface area contributed by atoms with Gasteiger partial charge in [0, 0.05) is 17.7 Å². The molecule has 3 N–H and O–H groups in total. The third-order valence-electron chi connectivity index (χ3n) is 2.17. The summed E-state index contributed by atoms with van der Waals surface area (Å²) in [5.41, 5.74) is 1.56. The maximum Gasteiger partial charge on any atom is 0.251 e. The molecule has 1 aliphatic heterocycles. The maximum absolute atomic E-state index is 11.3. The van der Waals surface area contributed by atoms with E-state index in [1.165, 1.54) is 0 Å². The molecule has 1 heterocycles. The standard InChI is InChI=1S/C9H10N2O2/c10-13-8-3-1-2-7-6(8)4-5-11-9(7)12/h1-3H,4-5,10H2,(H,11,12). The van der Waals surface area contributed by atoms with Gasteiger partial charge in [-0.2, -0.15) is 5.90 Å². The van der Waals surface area contributed by atoms with Crippen LogP contribution >= 0.6 is 0 Å². The van der Waals surface area contributed by atoms with Crippen molar-refractivity contribution < 1.29 is 9.63 Å². The van der Waals surface area contributed by atoms with Crippen molar-refractivity contribution in [1.29, 1.82) is 0 Å². The first-order valence-corrected chi connectivity index (χ1v) is 4.10. The first-order valence-electron chi connectivity index (χ1n) is 4.10. The van der Waals surface area contributed by atoms with Crippen LogP contribution in [0.1, 0.15) is 15.9 Å². The van der Waals surface area contributed by atoms with Crippen molar-refractivity contribution in [3.05, 3.63) is 29.3 Å². The normalized spacial score (nSPS) is 14.7. The van der Waals surface area contributed by atoms with Crippen LogP contribution in [0.25, 0.3) is 0 Å². The second-order valence-electron chi connectivity index (χ2n) is 2.91. The summed E-state index contributed by atoms with van der Waals surface area (Å²) in [4.78, 5) is 16.0. The molecule has 1 aliphatic rings. The van der Waals surface area contributed by atoms with Crippen LogP contribution in [0.2, 0.25) is 0 Å². The van der Waals surface area contributed by atoms with Gasteiger partial charge in [-0.15, -0.1) is 0 Å². The average molecular weight is 178 g/mol. The van der Waals surface area contributed by atoms with Crippen LogP contribution in [0, 0.1) is 0 Å². The number of hydrogen-bond acceptors (Lipinski definition) is 3. The van der Waals surface area contributed by atoms with Gasteiger partial charge >= 0.3 is 0 Å². The van der Waals surface area contributed by atoms with Crippen LogP contribution in [0.4, 0.5) is 0 Å². The highest BCUT2D eigenvalue weighted by atomic mass is 16.6. The van der Waals surface area contributed by atoms with Crippen molar-refractivity contribution in [3.63, 3.8) is 0 Å². The second-order valence-corrected chi connectivity index (χ2v) is 2.91. The summed E-state index contributed by atoms with van der Waals surface area (Å²) in [5, 5.41) is 2.75. The van der Waals surface area contributed by atoms with E-state index in [0.717, 1.165) is 12.0 Å². The summed E-state index contributed by atoms with van der Waals surface area (Å²) >= 11 is 0. The molecule has 0 bridgehead atoms. The molecule has 1 amide bonds. The Morgan fingerprint density at radius 1 is 1.46 bits per heavy atom. The molecular formula is C9H10N2O2. The van der Waals surface area contributed by atoms with E-state index in [1.807, 2.05) is 0 Å². The van der Waals surface area contributed by atoms with E-state index in [0.29, 0.717) is 17.9 Å². The van der Waals surface area contributed by atoms with E-state index in [1.54, 1.807) is 18.2 Å². The summed E-state index contributed by atoms with van der Waals surface area (Å²) in [6.07, 6.45) is 0.772. The maximum atomic E-state index is 11.3. The molecule has 4 nitrogen and oxygen atoms in total. The van der Waals surface area contributed by atoms with Crippen LogP contribution in [-0.4, -0.2) is 12.5 Å². The third-order valence-corrected chi connectivity index (χ3v) is 2.17. The first-order chi connectivity index (χ1) is 6.33. The van der Waals surface area contributed by atoms with Crippen LogP contribution in [0.15, 0.2) is 18.2 Å². The lowest BCUT2D eigenvalue weighted by Crippen LogP contribution is -2.32. The van der Waals surface area contributed by atoms with Crippen molar-refractivity contribution in [3.8, 4) is 5.75 Å². The fourth-order valence-electron chi connectivity index (χ4n) is 1.54. The molecule has 0 aliphatic carbocycles. The van der Waals surface area contributed by atoms with Gasteiger partial charge in [0.25, 0.3) is 5.91 Å². The van der Waals surface area contributed by atoms with Gasteiger partial charge < -0.3 is 10.2 Å². The number of fused-ring (bicyclic) bond motifs is 1. The van der Waals surface area contributed by atoms with Crippen LogP contribution in [-0.2, 0) is 6.42 Å². The Bertz CT molecular complexity index is 349. The van der Waals surface area contributed by atoms with E-state index < -0.39 is 0 Å². The molecule has 0 saturated heterocycles. The molecular weight excluding hydrogens is 168 g/mol. The largest absolute Gasteiger partial charge is 0.411 e. The molecule has 0 fully saturated rings. The summed E-state index contributed by atoms with van der Waals surface area (Å²) in [5.74, 6) is 5.62. The predicted molar refractivity (Wildman–Crippen MR) is 47.3 cm³/mol. The minimum absolute atomic E-state index is 0.0554. The molecule has 0 unspecified atom stereocenters. The lowest BCUT2D eigenvalue weighted by Gasteiger charge is -2.17. The topological polar surface area (TPSA) is 64.3 Å². The number of benzene rings is 1. The Balaban J connectivity index is 2.54. The number of hydrogen-bond donors (Lipinski definition) is 2. The van der Waals surface area contributed by atoms with Gasteiger partial charge in [-0.3, -0.25) is 4.79 Å². The van der Waals surface area contributed by atoms with Gasteiger partial charge in [-0.25, -0.2) is 0 Å². The number of nitrogens with two attached hydrogens (primary N) is 1. The Morgan fingerprint density at radius 2 is 2.31 bits per heavy atom. The molecule has 0 atom stereocenters. The van der Waals surface area contributed by atoms with Crippen molar-refractivity contribution in [2.45, 2.75) is 6.42 Å². The Morgan fingerprint density at radius 3 is 3.08 bits per heavy atom. The highest BCUT2D eigenvalue weighted by Crippen LogP contribution is 2.23. The van der Waals surface area contributed by atoms with Gasteiger partial charge in [-0.05, 0) is 18.6 Å². The number of carbonyl (C=O) groups excluding carboxylic acids is 1. The molecule has 0 aromatic heterocycles. The second kappa shape index (κ2) is 3.06. The Hall–Kier alpha value is -1.55.